The highest BCUT2D eigenvalue weighted by Gasteiger charge is 2.21. The molecule has 0 bridgehead atoms. The van der Waals surface area contributed by atoms with Crippen molar-refractivity contribution in [1.29, 1.82) is 0 Å². The summed E-state index contributed by atoms with van der Waals surface area (Å²) < 4.78 is 10.7. The summed E-state index contributed by atoms with van der Waals surface area (Å²) >= 11 is 0. The monoisotopic (exact) mass is 413 g/mol. The number of carbonyl (C=O) groups is 1. The number of benzene rings is 2. The van der Waals surface area contributed by atoms with Gasteiger partial charge in [0.1, 0.15) is 5.75 Å². The average molecular weight is 414 g/mol. The molecule has 1 heterocycles. The number of piperazine rings is 1. The van der Waals surface area contributed by atoms with Crippen molar-refractivity contribution in [2.24, 2.45) is 0 Å². The number of methoxy groups -OCH3 is 2. The van der Waals surface area contributed by atoms with Crippen LogP contribution in [0, 0.1) is 6.92 Å². The van der Waals surface area contributed by atoms with E-state index in [9.17, 15) is 9.90 Å². The van der Waals surface area contributed by atoms with Crippen molar-refractivity contribution < 1.29 is 19.4 Å². The van der Waals surface area contributed by atoms with Gasteiger partial charge in [0.15, 0.2) is 11.5 Å². The number of anilines is 1. The highest BCUT2D eigenvalue weighted by Crippen LogP contribution is 2.30. The average Bonchev–Trinajstić information content (AvgIpc) is 2.75. The second kappa shape index (κ2) is 9.71. The summed E-state index contributed by atoms with van der Waals surface area (Å²) in [7, 11) is 5.07. The Morgan fingerprint density at radius 2 is 1.63 bits per heavy atom. The molecule has 30 heavy (non-hydrogen) atoms. The van der Waals surface area contributed by atoms with E-state index < -0.39 is 0 Å². The van der Waals surface area contributed by atoms with Gasteiger partial charge in [0.25, 0.3) is 0 Å². The number of phenolic OH excluding ortho intramolecular Hbond substituents is 1. The Morgan fingerprint density at radius 3 is 2.23 bits per heavy atom. The predicted octanol–water partition coefficient (Wildman–Crippen LogP) is 2.50. The molecule has 0 spiro atoms. The molecular formula is C23H31N3O4. The van der Waals surface area contributed by atoms with E-state index in [2.05, 4.69) is 9.80 Å². The van der Waals surface area contributed by atoms with Crippen LogP contribution < -0.4 is 14.4 Å². The molecule has 1 amide bonds. The Kier molecular flexibility index (Phi) is 7.05. The Balaban J connectivity index is 1.53. The molecule has 1 aliphatic rings. The van der Waals surface area contributed by atoms with E-state index in [0.717, 1.165) is 43.0 Å². The molecule has 1 fully saturated rings. The van der Waals surface area contributed by atoms with E-state index in [1.165, 1.54) is 0 Å². The Hall–Kier alpha value is -2.93. The third kappa shape index (κ3) is 5.16. The van der Waals surface area contributed by atoms with E-state index in [-0.39, 0.29) is 11.7 Å². The molecule has 0 aromatic heterocycles. The molecule has 1 saturated heterocycles. The van der Waals surface area contributed by atoms with Gasteiger partial charge in [0.05, 0.1) is 20.8 Å². The number of likely N-dealkylation sites (N-methyl/N-ethyl adjacent to an activating group) is 1. The molecule has 3 rings (SSSR count). The van der Waals surface area contributed by atoms with Crippen LogP contribution in [0.25, 0.3) is 0 Å². The predicted molar refractivity (Wildman–Crippen MR) is 118 cm³/mol. The number of rotatable bonds is 7. The Labute approximate surface area is 178 Å². The van der Waals surface area contributed by atoms with E-state index in [1.807, 2.05) is 38.2 Å². The Bertz CT molecular complexity index is 861. The first-order valence-corrected chi connectivity index (χ1v) is 10.1. The maximum Gasteiger partial charge on any atom is 0.236 e. The van der Waals surface area contributed by atoms with Crippen LogP contribution in [0.15, 0.2) is 36.4 Å². The summed E-state index contributed by atoms with van der Waals surface area (Å²) in [5.74, 6) is 1.74. The van der Waals surface area contributed by atoms with Crippen molar-refractivity contribution in [3.63, 3.8) is 0 Å². The number of aryl methyl sites for hydroxylation is 1. The smallest absolute Gasteiger partial charge is 0.236 e. The Morgan fingerprint density at radius 1 is 1.03 bits per heavy atom. The molecule has 2 aromatic rings. The zero-order chi connectivity index (χ0) is 21.7. The quantitative estimate of drug-likeness (QED) is 0.753. The van der Waals surface area contributed by atoms with Crippen LogP contribution in [-0.2, 0) is 11.3 Å². The van der Waals surface area contributed by atoms with E-state index in [0.29, 0.717) is 24.6 Å². The highest BCUT2D eigenvalue weighted by atomic mass is 16.5. The molecule has 0 aliphatic carbocycles. The first-order chi connectivity index (χ1) is 14.4. The molecule has 1 N–H and O–H groups in total. The molecule has 0 atom stereocenters. The summed E-state index contributed by atoms with van der Waals surface area (Å²) in [4.78, 5) is 19.0. The van der Waals surface area contributed by atoms with Crippen molar-refractivity contribution >= 4 is 11.6 Å². The lowest BCUT2D eigenvalue weighted by Gasteiger charge is -2.36. The highest BCUT2D eigenvalue weighted by molar-refractivity contribution is 5.78. The van der Waals surface area contributed by atoms with Crippen molar-refractivity contribution in [1.82, 2.24) is 9.80 Å². The lowest BCUT2D eigenvalue weighted by molar-refractivity contribution is -0.131. The van der Waals surface area contributed by atoms with Crippen LogP contribution in [0.1, 0.15) is 11.1 Å². The first kappa shape index (κ1) is 21.8. The van der Waals surface area contributed by atoms with Crippen LogP contribution in [0.5, 0.6) is 17.2 Å². The van der Waals surface area contributed by atoms with Gasteiger partial charge in [0.2, 0.25) is 5.91 Å². The minimum Gasteiger partial charge on any atom is -0.508 e. The topological polar surface area (TPSA) is 65.5 Å². The van der Waals surface area contributed by atoms with Crippen LogP contribution in [0.4, 0.5) is 5.69 Å². The summed E-state index contributed by atoms with van der Waals surface area (Å²) in [6.07, 6.45) is 0. The van der Waals surface area contributed by atoms with Gasteiger partial charge in [0, 0.05) is 45.5 Å². The van der Waals surface area contributed by atoms with Gasteiger partial charge in [-0.25, -0.2) is 0 Å². The second-order valence-corrected chi connectivity index (χ2v) is 7.66. The van der Waals surface area contributed by atoms with Crippen LogP contribution in [0.2, 0.25) is 0 Å². The second-order valence-electron chi connectivity index (χ2n) is 7.66. The summed E-state index contributed by atoms with van der Waals surface area (Å²) in [5.41, 5.74) is 3.20. The number of amides is 1. The summed E-state index contributed by atoms with van der Waals surface area (Å²) in [6.45, 7) is 6.32. The van der Waals surface area contributed by atoms with Gasteiger partial charge in [-0.2, -0.15) is 0 Å². The minimum atomic E-state index is 0.0993. The maximum atomic E-state index is 12.8. The molecule has 2 aromatic carbocycles. The minimum absolute atomic E-state index is 0.0993. The molecule has 7 nitrogen and oxygen atoms in total. The summed E-state index contributed by atoms with van der Waals surface area (Å²) in [5, 5.41) is 9.44. The standard InChI is InChI=1S/C23H31N3O4/c1-17-13-21(29-3)22(30-4)14-18(17)15-24(2)23(28)16-25-9-11-26(12-10-25)19-5-7-20(27)8-6-19/h5-8,13-14,27H,9-12,15-16H2,1-4H3. The number of ether oxygens (including phenoxy) is 2. The first-order valence-electron chi connectivity index (χ1n) is 10.1. The van der Waals surface area contributed by atoms with Gasteiger partial charge in [-0.15, -0.1) is 0 Å². The zero-order valence-electron chi connectivity index (χ0n) is 18.2. The number of hydrogen-bond acceptors (Lipinski definition) is 6. The number of phenols is 1. The van der Waals surface area contributed by atoms with Crippen molar-refractivity contribution in [3.8, 4) is 17.2 Å². The van der Waals surface area contributed by atoms with Crippen molar-refractivity contribution in [3.05, 3.63) is 47.5 Å². The van der Waals surface area contributed by atoms with E-state index in [1.54, 1.807) is 31.3 Å². The fourth-order valence-electron chi connectivity index (χ4n) is 3.68. The van der Waals surface area contributed by atoms with Gasteiger partial charge in [-0.3, -0.25) is 9.69 Å². The van der Waals surface area contributed by atoms with E-state index >= 15 is 0 Å². The molecule has 0 radical (unpaired) electrons. The maximum absolute atomic E-state index is 12.8. The summed E-state index contributed by atoms with van der Waals surface area (Å²) in [6, 6.07) is 11.1. The molecular weight excluding hydrogens is 382 g/mol. The molecule has 0 unspecified atom stereocenters. The largest absolute Gasteiger partial charge is 0.508 e. The number of aromatic hydroxyl groups is 1. The van der Waals surface area contributed by atoms with Crippen molar-refractivity contribution in [2.45, 2.75) is 13.5 Å². The van der Waals surface area contributed by atoms with Gasteiger partial charge < -0.3 is 24.4 Å². The van der Waals surface area contributed by atoms with Crippen molar-refractivity contribution in [2.75, 3.05) is 58.9 Å². The zero-order valence-corrected chi connectivity index (χ0v) is 18.2. The molecule has 7 heteroatoms. The van der Waals surface area contributed by atoms with Gasteiger partial charge in [-0.05, 0) is 54.4 Å². The molecule has 0 saturated carbocycles. The third-order valence-corrected chi connectivity index (χ3v) is 5.62. The third-order valence-electron chi connectivity index (χ3n) is 5.62. The van der Waals surface area contributed by atoms with Crippen LogP contribution in [0.3, 0.4) is 0 Å². The molecule has 1 aliphatic heterocycles. The number of nitrogens with zero attached hydrogens (tertiary/aromatic N) is 3. The fraction of sp³-hybridized carbons (Fsp3) is 0.435. The van der Waals surface area contributed by atoms with Gasteiger partial charge >= 0.3 is 0 Å². The van der Waals surface area contributed by atoms with E-state index in [4.69, 9.17) is 9.47 Å². The number of carbonyl (C=O) groups excluding carboxylic acids is 1. The lowest BCUT2D eigenvalue weighted by atomic mass is 10.1. The molecule has 162 valence electrons. The normalized spacial score (nSPS) is 14.5. The SMILES string of the molecule is COc1cc(C)c(CN(C)C(=O)CN2CCN(c3ccc(O)cc3)CC2)cc1OC. The van der Waals surface area contributed by atoms with Crippen LogP contribution in [-0.4, -0.2) is 74.8 Å². The lowest BCUT2D eigenvalue weighted by Crippen LogP contribution is -2.49. The van der Waals surface area contributed by atoms with Crippen LogP contribution >= 0.6 is 0 Å². The fourth-order valence-corrected chi connectivity index (χ4v) is 3.68. The number of hydrogen-bond donors (Lipinski definition) is 1. The van der Waals surface area contributed by atoms with Gasteiger partial charge in [-0.1, -0.05) is 0 Å².